The van der Waals surface area contributed by atoms with Gasteiger partial charge in [0.05, 0.1) is 7.11 Å². The standard InChI is InChI=1S/C20H26F3N5O/c1-13-5-6-17(29-2)15(8-13)11-27-7-3-4-14(10-27)16-9-18(20(21,22)23)28-19(26-16)24-12-25-28/h5-6,8,12,14,16,18H,3-4,7,9-11H2,1-2H3,(H,24,25,26)/t14?,16-,18+/m0/s1. The molecule has 3 atom stereocenters. The van der Waals surface area contributed by atoms with Crippen molar-refractivity contribution in [1.82, 2.24) is 19.7 Å². The maximum atomic E-state index is 13.6. The first-order chi connectivity index (χ1) is 13.8. The molecule has 29 heavy (non-hydrogen) atoms. The van der Waals surface area contributed by atoms with E-state index >= 15 is 0 Å². The van der Waals surface area contributed by atoms with Crippen molar-refractivity contribution in [3.8, 4) is 5.75 Å². The van der Waals surface area contributed by atoms with E-state index in [1.165, 1.54) is 6.33 Å². The Morgan fingerprint density at radius 1 is 1.31 bits per heavy atom. The fourth-order valence-corrected chi connectivity index (χ4v) is 4.56. The van der Waals surface area contributed by atoms with Crippen molar-refractivity contribution in [1.29, 1.82) is 0 Å². The molecule has 1 N–H and O–H groups in total. The van der Waals surface area contributed by atoms with Crippen molar-refractivity contribution in [2.45, 2.75) is 51.0 Å². The van der Waals surface area contributed by atoms with Crippen molar-refractivity contribution in [2.75, 3.05) is 25.5 Å². The smallest absolute Gasteiger partial charge is 0.411 e. The Bertz CT molecular complexity index is 853. The lowest BCUT2D eigenvalue weighted by atomic mass is 9.86. The number of methoxy groups -OCH3 is 1. The van der Waals surface area contributed by atoms with Gasteiger partial charge >= 0.3 is 6.18 Å². The zero-order valence-corrected chi connectivity index (χ0v) is 16.6. The first-order valence-electron chi connectivity index (χ1n) is 9.94. The van der Waals surface area contributed by atoms with Crippen LogP contribution in [0.1, 0.15) is 36.4 Å². The summed E-state index contributed by atoms with van der Waals surface area (Å²) in [5.41, 5.74) is 2.27. The van der Waals surface area contributed by atoms with Crippen LogP contribution in [0, 0.1) is 12.8 Å². The predicted octanol–water partition coefficient (Wildman–Crippen LogP) is 3.79. The van der Waals surface area contributed by atoms with Crippen molar-refractivity contribution >= 4 is 5.95 Å². The molecule has 2 aliphatic heterocycles. The van der Waals surface area contributed by atoms with Gasteiger partial charge in [-0.1, -0.05) is 17.7 Å². The van der Waals surface area contributed by atoms with Gasteiger partial charge in [-0.25, -0.2) is 4.68 Å². The number of ether oxygens (including phenoxy) is 1. The summed E-state index contributed by atoms with van der Waals surface area (Å²) in [5, 5.41) is 6.98. The second-order valence-electron chi connectivity index (χ2n) is 8.02. The fraction of sp³-hybridized carbons (Fsp3) is 0.600. The van der Waals surface area contributed by atoms with Gasteiger partial charge in [-0.15, -0.1) is 0 Å². The lowest BCUT2D eigenvalue weighted by Crippen LogP contribution is -2.47. The highest BCUT2D eigenvalue weighted by atomic mass is 19.4. The molecule has 2 aromatic rings. The number of benzene rings is 1. The second-order valence-corrected chi connectivity index (χ2v) is 8.02. The molecule has 1 aromatic heterocycles. The Morgan fingerprint density at radius 3 is 2.90 bits per heavy atom. The number of nitrogens with zero attached hydrogens (tertiary/aromatic N) is 4. The molecule has 1 saturated heterocycles. The topological polar surface area (TPSA) is 55.2 Å². The van der Waals surface area contributed by atoms with Gasteiger partial charge in [0.2, 0.25) is 5.95 Å². The number of hydrogen-bond acceptors (Lipinski definition) is 5. The molecule has 0 bridgehead atoms. The first kappa shape index (κ1) is 20.0. The minimum absolute atomic E-state index is 0.0217. The monoisotopic (exact) mass is 409 g/mol. The number of aromatic nitrogens is 3. The number of aryl methyl sites for hydroxylation is 1. The number of alkyl halides is 3. The number of piperidine rings is 1. The minimum Gasteiger partial charge on any atom is -0.496 e. The normalized spacial score (nSPS) is 25.3. The largest absolute Gasteiger partial charge is 0.496 e. The third kappa shape index (κ3) is 4.19. The van der Waals surface area contributed by atoms with E-state index in [4.69, 9.17) is 4.74 Å². The van der Waals surface area contributed by atoms with Crippen molar-refractivity contribution in [3.05, 3.63) is 35.7 Å². The van der Waals surface area contributed by atoms with Crippen LogP contribution < -0.4 is 10.1 Å². The summed E-state index contributed by atoms with van der Waals surface area (Å²) in [6.07, 6.45) is -1.32. The molecule has 158 valence electrons. The molecule has 9 heteroatoms. The van der Waals surface area contributed by atoms with E-state index in [1.54, 1.807) is 7.11 Å². The quantitative estimate of drug-likeness (QED) is 0.833. The average Bonchev–Trinajstić information content (AvgIpc) is 3.15. The van der Waals surface area contributed by atoms with Gasteiger partial charge < -0.3 is 10.1 Å². The maximum absolute atomic E-state index is 13.6. The zero-order valence-electron chi connectivity index (χ0n) is 16.6. The van der Waals surface area contributed by atoms with Crippen LogP contribution in [0.25, 0.3) is 0 Å². The summed E-state index contributed by atoms with van der Waals surface area (Å²) in [5.74, 6) is 1.18. The molecule has 0 amide bonds. The summed E-state index contributed by atoms with van der Waals surface area (Å²) in [4.78, 5) is 6.31. The molecular weight excluding hydrogens is 383 g/mol. The minimum atomic E-state index is -4.34. The van der Waals surface area contributed by atoms with Crippen LogP contribution in [0.4, 0.5) is 19.1 Å². The predicted molar refractivity (Wildman–Crippen MR) is 103 cm³/mol. The highest BCUT2D eigenvalue weighted by molar-refractivity contribution is 5.37. The van der Waals surface area contributed by atoms with Crippen molar-refractivity contribution in [2.24, 2.45) is 5.92 Å². The van der Waals surface area contributed by atoms with Gasteiger partial charge in [-0.3, -0.25) is 4.90 Å². The molecule has 1 aromatic carbocycles. The molecule has 6 nitrogen and oxygen atoms in total. The van der Waals surface area contributed by atoms with E-state index in [0.717, 1.165) is 54.0 Å². The van der Waals surface area contributed by atoms with E-state index in [2.05, 4.69) is 26.4 Å². The molecule has 0 aliphatic carbocycles. The van der Waals surface area contributed by atoms with Crippen LogP contribution in [-0.4, -0.2) is 52.1 Å². The number of halogens is 3. The first-order valence-corrected chi connectivity index (χ1v) is 9.94. The van der Waals surface area contributed by atoms with E-state index in [-0.39, 0.29) is 24.3 Å². The van der Waals surface area contributed by atoms with Crippen molar-refractivity contribution in [3.63, 3.8) is 0 Å². The van der Waals surface area contributed by atoms with Crippen LogP contribution in [0.3, 0.4) is 0 Å². The van der Waals surface area contributed by atoms with Crippen LogP contribution in [0.5, 0.6) is 5.75 Å². The highest BCUT2D eigenvalue weighted by Gasteiger charge is 2.48. The third-order valence-corrected chi connectivity index (χ3v) is 5.98. The summed E-state index contributed by atoms with van der Waals surface area (Å²) in [6.45, 7) is 4.45. The number of anilines is 1. The van der Waals surface area contributed by atoms with Gasteiger partial charge in [-0.05, 0) is 44.7 Å². The summed E-state index contributed by atoms with van der Waals surface area (Å²) in [6, 6.07) is 4.19. The second kappa shape index (κ2) is 7.85. The molecule has 1 fully saturated rings. The van der Waals surface area contributed by atoms with Gasteiger partial charge in [0.1, 0.15) is 12.1 Å². The van der Waals surface area contributed by atoms with Gasteiger partial charge in [0, 0.05) is 24.7 Å². The Labute approximate surface area is 168 Å². The maximum Gasteiger partial charge on any atom is 0.411 e. The van der Waals surface area contributed by atoms with E-state index in [0.29, 0.717) is 0 Å². The van der Waals surface area contributed by atoms with Gasteiger partial charge in [-0.2, -0.15) is 23.3 Å². The van der Waals surface area contributed by atoms with Crippen LogP contribution in [-0.2, 0) is 6.54 Å². The highest BCUT2D eigenvalue weighted by Crippen LogP contribution is 2.41. The molecule has 3 heterocycles. The summed E-state index contributed by atoms with van der Waals surface area (Å²) in [7, 11) is 1.66. The fourth-order valence-electron chi connectivity index (χ4n) is 4.56. The van der Waals surface area contributed by atoms with Crippen LogP contribution in [0.2, 0.25) is 0 Å². The number of fused-ring (bicyclic) bond motifs is 1. The Kier molecular flexibility index (Phi) is 5.42. The lowest BCUT2D eigenvalue weighted by molar-refractivity contribution is -0.174. The van der Waals surface area contributed by atoms with Gasteiger partial charge in [0.25, 0.3) is 0 Å². The molecule has 1 unspecified atom stereocenters. The van der Waals surface area contributed by atoms with Crippen LogP contribution in [0.15, 0.2) is 24.5 Å². The third-order valence-electron chi connectivity index (χ3n) is 5.98. The number of rotatable bonds is 4. The Morgan fingerprint density at radius 2 is 2.14 bits per heavy atom. The Balaban J connectivity index is 1.48. The molecule has 0 spiro atoms. The summed E-state index contributed by atoms with van der Waals surface area (Å²) >= 11 is 0. The zero-order chi connectivity index (χ0) is 20.6. The van der Waals surface area contributed by atoms with Crippen LogP contribution >= 0.6 is 0 Å². The number of likely N-dealkylation sites (tertiary alicyclic amines) is 1. The number of hydrogen-bond donors (Lipinski definition) is 1. The number of nitrogens with one attached hydrogen (secondary N) is 1. The van der Waals surface area contributed by atoms with E-state index in [1.807, 2.05) is 19.1 Å². The van der Waals surface area contributed by atoms with E-state index in [9.17, 15) is 13.2 Å². The average molecular weight is 409 g/mol. The van der Waals surface area contributed by atoms with Crippen molar-refractivity contribution < 1.29 is 17.9 Å². The molecule has 4 rings (SSSR count). The summed E-state index contributed by atoms with van der Waals surface area (Å²) < 4.78 is 47.2. The van der Waals surface area contributed by atoms with E-state index < -0.39 is 12.2 Å². The molecule has 2 aliphatic rings. The molecule has 0 saturated carbocycles. The Hall–Kier alpha value is -2.29. The molecule has 0 radical (unpaired) electrons. The lowest BCUT2D eigenvalue weighted by Gasteiger charge is -2.41. The molecular formula is C20H26F3N5O. The SMILES string of the molecule is COc1ccc(C)cc1CN1CCCC([C@@H]2C[C@H](C(F)(F)F)n3ncnc3N2)C1. The van der Waals surface area contributed by atoms with Gasteiger partial charge in [0.15, 0.2) is 6.04 Å².